The van der Waals surface area contributed by atoms with Gasteiger partial charge in [-0.15, -0.1) is 0 Å². The molecule has 2 N–H and O–H groups in total. The Kier molecular flexibility index (Phi) is 2.83. The summed E-state index contributed by atoms with van der Waals surface area (Å²) >= 11 is 1.98. The van der Waals surface area contributed by atoms with E-state index in [0.717, 1.165) is 17.9 Å². The Morgan fingerprint density at radius 3 is 2.93 bits per heavy atom. The average molecular weight is 211 g/mol. The maximum Gasteiger partial charge on any atom is 0.0680 e. The van der Waals surface area contributed by atoms with Crippen LogP contribution in [-0.4, -0.2) is 16.3 Å². The molecular formula is C10H17N3S. The fourth-order valence-corrected chi connectivity index (χ4v) is 3.03. The van der Waals surface area contributed by atoms with E-state index in [1.54, 1.807) is 0 Å². The van der Waals surface area contributed by atoms with Crippen molar-refractivity contribution in [2.75, 3.05) is 6.54 Å². The molecule has 0 saturated carbocycles. The maximum atomic E-state index is 5.58. The van der Waals surface area contributed by atoms with Crippen LogP contribution in [0.2, 0.25) is 0 Å². The van der Waals surface area contributed by atoms with E-state index in [9.17, 15) is 0 Å². The standard InChI is InChI=1S/C10H17N3S/c1-7(2)13-10-6-14-5-8(10)9(12-13)3-4-11/h7H,3-6,11H2,1-2H3. The molecule has 0 saturated heterocycles. The van der Waals surface area contributed by atoms with E-state index in [1.165, 1.54) is 17.0 Å². The number of thioether (sulfide) groups is 1. The molecule has 4 heteroatoms. The minimum absolute atomic E-state index is 0.467. The summed E-state index contributed by atoms with van der Waals surface area (Å²) in [4.78, 5) is 0. The molecule has 0 atom stereocenters. The van der Waals surface area contributed by atoms with Gasteiger partial charge in [-0.05, 0) is 20.4 Å². The van der Waals surface area contributed by atoms with Crippen LogP contribution >= 0.6 is 11.8 Å². The molecule has 0 bridgehead atoms. The molecule has 0 aromatic carbocycles. The highest BCUT2D eigenvalue weighted by atomic mass is 32.2. The van der Waals surface area contributed by atoms with Crippen molar-refractivity contribution in [3.05, 3.63) is 17.0 Å². The number of nitrogens with zero attached hydrogens (tertiary/aromatic N) is 2. The molecule has 1 aromatic heterocycles. The van der Waals surface area contributed by atoms with Crippen molar-refractivity contribution in [3.63, 3.8) is 0 Å². The number of nitrogens with two attached hydrogens (primary N) is 1. The maximum absolute atomic E-state index is 5.58. The van der Waals surface area contributed by atoms with Gasteiger partial charge in [0.05, 0.1) is 11.4 Å². The summed E-state index contributed by atoms with van der Waals surface area (Å²) in [5.74, 6) is 2.24. The van der Waals surface area contributed by atoms with Crippen LogP contribution in [0.25, 0.3) is 0 Å². The van der Waals surface area contributed by atoms with E-state index in [4.69, 9.17) is 5.73 Å². The van der Waals surface area contributed by atoms with Gasteiger partial charge in [0.15, 0.2) is 0 Å². The van der Waals surface area contributed by atoms with Gasteiger partial charge in [-0.1, -0.05) is 0 Å². The van der Waals surface area contributed by atoms with Crippen molar-refractivity contribution in [1.82, 2.24) is 9.78 Å². The predicted molar refractivity (Wildman–Crippen MR) is 60.4 cm³/mol. The molecule has 1 aliphatic rings. The quantitative estimate of drug-likeness (QED) is 0.827. The Morgan fingerprint density at radius 1 is 1.50 bits per heavy atom. The second kappa shape index (κ2) is 3.95. The SMILES string of the molecule is CC(C)n1nc(CCN)c2c1CSC2. The molecule has 2 heterocycles. The lowest BCUT2D eigenvalue weighted by atomic mass is 10.2. The number of hydrogen-bond acceptors (Lipinski definition) is 3. The number of fused-ring (bicyclic) bond motifs is 1. The van der Waals surface area contributed by atoms with Gasteiger partial charge < -0.3 is 5.73 Å². The van der Waals surface area contributed by atoms with Gasteiger partial charge in [0.2, 0.25) is 0 Å². The summed E-state index contributed by atoms with van der Waals surface area (Å²) in [6, 6.07) is 0.467. The molecule has 0 amide bonds. The number of rotatable bonds is 3. The van der Waals surface area contributed by atoms with Crippen LogP contribution in [0.3, 0.4) is 0 Å². The molecule has 2 rings (SSSR count). The van der Waals surface area contributed by atoms with Gasteiger partial charge in [-0.3, -0.25) is 4.68 Å². The lowest BCUT2D eigenvalue weighted by Gasteiger charge is -2.08. The highest BCUT2D eigenvalue weighted by Crippen LogP contribution is 2.33. The lowest BCUT2D eigenvalue weighted by Crippen LogP contribution is -2.08. The zero-order chi connectivity index (χ0) is 10.1. The van der Waals surface area contributed by atoms with Crippen LogP contribution in [0.15, 0.2) is 0 Å². The largest absolute Gasteiger partial charge is 0.330 e. The summed E-state index contributed by atoms with van der Waals surface area (Å²) in [5, 5.41) is 4.64. The van der Waals surface area contributed by atoms with Gasteiger partial charge in [0.1, 0.15) is 0 Å². The highest BCUT2D eigenvalue weighted by molar-refractivity contribution is 7.98. The molecule has 0 unspecified atom stereocenters. The van der Waals surface area contributed by atoms with Gasteiger partial charge in [0.25, 0.3) is 0 Å². The number of aromatic nitrogens is 2. The Balaban J connectivity index is 2.39. The van der Waals surface area contributed by atoms with Crippen LogP contribution in [0.4, 0.5) is 0 Å². The third-order valence-electron chi connectivity index (χ3n) is 2.56. The van der Waals surface area contributed by atoms with Gasteiger partial charge in [-0.25, -0.2) is 0 Å². The van der Waals surface area contributed by atoms with Gasteiger partial charge >= 0.3 is 0 Å². The molecule has 1 aromatic rings. The zero-order valence-electron chi connectivity index (χ0n) is 8.79. The van der Waals surface area contributed by atoms with Crippen molar-refractivity contribution in [2.45, 2.75) is 37.8 Å². The summed E-state index contributed by atoms with van der Waals surface area (Å²) in [7, 11) is 0. The van der Waals surface area contributed by atoms with Crippen molar-refractivity contribution < 1.29 is 0 Å². The van der Waals surface area contributed by atoms with E-state index < -0.39 is 0 Å². The lowest BCUT2D eigenvalue weighted by molar-refractivity contribution is 0.512. The van der Waals surface area contributed by atoms with Gasteiger partial charge in [0, 0.05) is 29.5 Å². The smallest absolute Gasteiger partial charge is 0.0680 e. The molecule has 14 heavy (non-hydrogen) atoms. The van der Waals surface area contributed by atoms with Crippen LogP contribution in [-0.2, 0) is 17.9 Å². The first-order valence-electron chi connectivity index (χ1n) is 5.11. The van der Waals surface area contributed by atoms with Crippen LogP contribution in [0, 0.1) is 0 Å². The van der Waals surface area contributed by atoms with Crippen LogP contribution in [0.5, 0.6) is 0 Å². The fourth-order valence-electron chi connectivity index (χ4n) is 1.89. The molecule has 3 nitrogen and oxygen atoms in total. The van der Waals surface area contributed by atoms with E-state index in [2.05, 4.69) is 23.6 Å². The van der Waals surface area contributed by atoms with Crippen molar-refractivity contribution >= 4 is 11.8 Å². The molecule has 0 aliphatic carbocycles. The summed E-state index contributed by atoms with van der Waals surface area (Å²) in [6.07, 6.45) is 0.919. The topological polar surface area (TPSA) is 43.8 Å². The first-order valence-corrected chi connectivity index (χ1v) is 6.26. The first kappa shape index (κ1) is 10.1. The average Bonchev–Trinajstić information content (AvgIpc) is 2.67. The van der Waals surface area contributed by atoms with E-state index >= 15 is 0 Å². The molecule has 78 valence electrons. The van der Waals surface area contributed by atoms with Crippen LogP contribution < -0.4 is 5.73 Å². The second-order valence-corrected chi connectivity index (χ2v) is 4.93. The van der Waals surface area contributed by atoms with Crippen LogP contribution in [0.1, 0.15) is 36.8 Å². The zero-order valence-corrected chi connectivity index (χ0v) is 9.60. The minimum Gasteiger partial charge on any atom is -0.330 e. The first-order chi connectivity index (χ1) is 6.74. The Morgan fingerprint density at radius 2 is 2.29 bits per heavy atom. The third kappa shape index (κ3) is 1.57. The Bertz CT molecular complexity index is 330. The van der Waals surface area contributed by atoms with Crippen molar-refractivity contribution in [2.24, 2.45) is 5.73 Å². The molecule has 0 fully saturated rings. The monoisotopic (exact) mass is 211 g/mol. The molecule has 1 aliphatic heterocycles. The summed E-state index contributed by atoms with van der Waals surface area (Å²) < 4.78 is 2.17. The number of hydrogen-bond donors (Lipinski definition) is 1. The predicted octanol–water partition coefficient (Wildman–Crippen LogP) is 1.71. The van der Waals surface area contributed by atoms with Gasteiger partial charge in [-0.2, -0.15) is 16.9 Å². The third-order valence-corrected chi connectivity index (χ3v) is 3.53. The highest BCUT2D eigenvalue weighted by Gasteiger charge is 2.22. The molecule has 0 spiro atoms. The van der Waals surface area contributed by atoms with Crippen molar-refractivity contribution in [3.8, 4) is 0 Å². The van der Waals surface area contributed by atoms with E-state index in [1.807, 2.05) is 11.8 Å². The Hall–Kier alpha value is -0.480. The van der Waals surface area contributed by atoms with E-state index in [-0.39, 0.29) is 0 Å². The van der Waals surface area contributed by atoms with Crippen molar-refractivity contribution in [1.29, 1.82) is 0 Å². The second-order valence-electron chi connectivity index (χ2n) is 3.94. The minimum atomic E-state index is 0.467. The summed E-state index contributed by atoms with van der Waals surface area (Å²) in [6.45, 7) is 5.07. The normalized spacial score (nSPS) is 15.1. The fraction of sp³-hybridized carbons (Fsp3) is 0.700. The Labute approximate surface area is 89.1 Å². The van der Waals surface area contributed by atoms with E-state index in [0.29, 0.717) is 12.6 Å². The molecule has 0 radical (unpaired) electrons. The summed E-state index contributed by atoms with van der Waals surface area (Å²) in [5.41, 5.74) is 9.68. The molecular weight excluding hydrogens is 194 g/mol.